The zero-order chi connectivity index (χ0) is 16.1. The lowest BCUT2D eigenvalue weighted by molar-refractivity contribution is -0.134. The lowest BCUT2D eigenvalue weighted by Gasteiger charge is -2.31. The second kappa shape index (κ2) is 5.23. The molecule has 5 rings (SSSR count). The van der Waals surface area contributed by atoms with Crippen molar-refractivity contribution >= 4 is 16.8 Å². The molecule has 0 saturated carbocycles. The van der Waals surface area contributed by atoms with Crippen LogP contribution >= 0.6 is 0 Å². The monoisotopic (exact) mass is 320 g/mol. The Labute approximate surface area is 140 Å². The van der Waals surface area contributed by atoms with Gasteiger partial charge in [0.2, 0.25) is 5.91 Å². The molecule has 3 heterocycles. The topological polar surface area (TPSA) is 64.8 Å². The first-order valence-corrected chi connectivity index (χ1v) is 8.70. The number of carbonyl (C=O) groups is 1. The molecule has 1 aliphatic carbocycles. The molecule has 0 bridgehead atoms. The smallest absolute Gasteiger partial charge is 0.232 e. The molecule has 1 aliphatic heterocycles. The normalized spacial score (nSPS) is 20.0. The Bertz CT molecular complexity index is 922. The Kier molecular flexibility index (Phi) is 3.01. The third kappa shape index (κ3) is 2.00. The summed E-state index contributed by atoms with van der Waals surface area (Å²) in [6.07, 6.45) is 5.65. The minimum Gasteiger partial charge on any atom is -0.357 e. The van der Waals surface area contributed by atoms with E-state index < -0.39 is 0 Å². The lowest BCUT2D eigenvalue weighted by atomic mass is 9.85. The van der Waals surface area contributed by atoms with Gasteiger partial charge < -0.3 is 14.9 Å². The Morgan fingerprint density at radius 1 is 1.25 bits per heavy atom. The Hall–Kier alpha value is -2.56. The molecule has 5 heteroatoms. The molecule has 1 atom stereocenters. The number of nitrogens with zero attached hydrogens (tertiary/aromatic N) is 2. The van der Waals surface area contributed by atoms with Crippen molar-refractivity contribution in [2.45, 2.75) is 38.1 Å². The minimum atomic E-state index is -0.0365. The zero-order valence-electron chi connectivity index (χ0n) is 13.5. The standard InChI is InChI=1S/C19H20N4O/c24-19(23-9-8-16-17(10-23)21-11-20-16)14-6-3-5-13-12-4-1-2-7-15(12)22-18(13)14/h1-2,4,7,11,14,22H,3,5-6,8-10H2,(H,20,21)/t14-/m1/s1. The maximum Gasteiger partial charge on any atom is 0.232 e. The Balaban J connectivity index is 1.49. The summed E-state index contributed by atoms with van der Waals surface area (Å²) in [5.74, 6) is 0.216. The van der Waals surface area contributed by atoms with Crippen LogP contribution in [0.1, 0.15) is 41.4 Å². The minimum absolute atomic E-state index is 0.0365. The van der Waals surface area contributed by atoms with E-state index in [0.29, 0.717) is 6.54 Å². The van der Waals surface area contributed by atoms with Crippen molar-refractivity contribution in [3.8, 4) is 0 Å². The molecule has 24 heavy (non-hydrogen) atoms. The number of para-hydroxylation sites is 1. The quantitative estimate of drug-likeness (QED) is 0.724. The second-order valence-corrected chi connectivity index (χ2v) is 6.85. The SMILES string of the molecule is O=C([C@@H]1CCCc2c1[nH]c1ccccc21)N1CCc2nc[nH]c2C1. The van der Waals surface area contributed by atoms with E-state index >= 15 is 0 Å². The maximum atomic E-state index is 13.2. The molecule has 2 aromatic heterocycles. The maximum absolute atomic E-state index is 13.2. The van der Waals surface area contributed by atoms with Crippen molar-refractivity contribution in [2.75, 3.05) is 6.54 Å². The summed E-state index contributed by atoms with van der Waals surface area (Å²) >= 11 is 0. The molecule has 0 spiro atoms. The highest BCUT2D eigenvalue weighted by Crippen LogP contribution is 2.37. The van der Waals surface area contributed by atoms with Gasteiger partial charge in [0.15, 0.2) is 0 Å². The fraction of sp³-hybridized carbons (Fsp3) is 0.368. The van der Waals surface area contributed by atoms with Gasteiger partial charge in [0.1, 0.15) is 0 Å². The number of hydrogen-bond donors (Lipinski definition) is 2. The van der Waals surface area contributed by atoms with Crippen LogP contribution in [0.3, 0.4) is 0 Å². The van der Waals surface area contributed by atoms with E-state index in [1.54, 1.807) is 6.33 Å². The van der Waals surface area contributed by atoms with Crippen molar-refractivity contribution in [1.29, 1.82) is 0 Å². The number of H-pyrrole nitrogens is 2. The Morgan fingerprint density at radius 3 is 3.12 bits per heavy atom. The van der Waals surface area contributed by atoms with E-state index in [2.05, 4.69) is 33.2 Å². The molecule has 122 valence electrons. The van der Waals surface area contributed by atoms with Crippen molar-refractivity contribution < 1.29 is 4.79 Å². The first-order valence-electron chi connectivity index (χ1n) is 8.70. The van der Waals surface area contributed by atoms with Gasteiger partial charge in [0.05, 0.1) is 30.2 Å². The largest absolute Gasteiger partial charge is 0.357 e. The third-order valence-corrected chi connectivity index (χ3v) is 5.50. The molecule has 1 amide bonds. The van der Waals surface area contributed by atoms with Crippen molar-refractivity contribution in [1.82, 2.24) is 19.9 Å². The van der Waals surface area contributed by atoms with E-state index in [9.17, 15) is 4.79 Å². The first-order chi connectivity index (χ1) is 11.8. The molecule has 0 unspecified atom stereocenters. The molecule has 2 aliphatic rings. The van der Waals surface area contributed by atoms with E-state index in [1.165, 1.54) is 10.9 Å². The van der Waals surface area contributed by atoms with Gasteiger partial charge in [-0.25, -0.2) is 4.98 Å². The molecule has 2 N–H and O–H groups in total. The average molecular weight is 320 g/mol. The number of aryl methyl sites for hydroxylation is 1. The Morgan fingerprint density at radius 2 is 2.17 bits per heavy atom. The summed E-state index contributed by atoms with van der Waals surface area (Å²) in [6.45, 7) is 1.42. The highest BCUT2D eigenvalue weighted by Gasteiger charge is 2.34. The molecular weight excluding hydrogens is 300 g/mol. The fourth-order valence-corrected chi connectivity index (χ4v) is 4.28. The average Bonchev–Trinajstić information content (AvgIpc) is 3.24. The number of nitrogens with one attached hydrogen (secondary N) is 2. The summed E-state index contributed by atoms with van der Waals surface area (Å²) in [4.78, 5) is 26.2. The number of rotatable bonds is 1. The van der Waals surface area contributed by atoms with Crippen LogP contribution in [0, 0.1) is 0 Å². The number of benzene rings is 1. The molecule has 3 aromatic rings. The van der Waals surface area contributed by atoms with E-state index in [4.69, 9.17) is 0 Å². The van der Waals surface area contributed by atoms with Gasteiger partial charge in [-0.2, -0.15) is 0 Å². The van der Waals surface area contributed by atoms with Crippen LogP contribution in [0.15, 0.2) is 30.6 Å². The summed E-state index contributed by atoms with van der Waals surface area (Å²) in [7, 11) is 0. The molecule has 0 radical (unpaired) electrons. The number of amides is 1. The van der Waals surface area contributed by atoms with Crippen LogP contribution in [-0.4, -0.2) is 32.3 Å². The highest BCUT2D eigenvalue weighted by molar-refractivity contribution is 5.90. The summed E-state index contributed by atoms with van der Waals surface area (Å²) in [6, 6.07) is 8.39. The number of imidazole rings is 1. The number of hydrogen-bond acceptors (Lipinski definition) is 2. The van der Waals surface area contributed by atoms with E-state index in [0.717, 1.165) is 54.8 Å². The number of aromatic amines is 2. The molecule has 0 saturated heterocycles. The van der Waals surface area contributed by atoms with Gasteiger partial charge >= 0.3 is 0 Å². The molecule has 1 aromatic carbocycles. The van der Waals surface area contributed by atoms with Crippen LogP contribution in [0.25, 0.3) is 10.9 Å². The number of carbonyl (C=O) groups excluding carboxylic acids is 1. The predicted octanol–water partition coefficient (Wildman–Crippen LogP) is 2.90. The van der Waals surface area contributed by atoms with Gasteiger partial charge in [0, 0.05) is 29.6 Å². The summed E-state index contributed by atoms with van der Waals surface area (Å²) < 4.78 is 0. The molecule has 0 fully saturated rings. The van der Waals surface area contributed by atoms with Crippen molar-refractivity contribution in [2.24, 2.45) is 0 Å². The summed E-state index contributed by atoms with van der Waals surface area (Å²) in [5.41, 5.74) is 5.82. The van der Waals surface area contributed by atoms with Gasteiger partial charge in [-0.05, 0) is 30.9 Å². The van der Waals surface area contributed by atoms with Gasteiger partial charge in [-0.3, -0.25) is 4.79 Å². The van der Waals surface area contributed by atoms with Crippen LogP contribution < -0.4 is 0 Å². The van der Waals surface area contributed by atoms with Crippen LogP contribution in [0.4, 0.5) is 0 Å². The van der Waals surface area contributed by atoms with Crippen molar-refractivity contribution in [3.05, 3.63) is 53.2 Å². The fourth-order valence-electron chi connectivity index (χ4n) is 4.28. The van der Waals surface area contributed by atoms with Gasteiger partial charge in [0.25, 0.3) is 0 Å². The van der Waals surface area contributed by atoms with Gasteiger partial charge in [-0.15, -0.1) is 0 Å². The van der Waals surface area contributed by atoms with E-state index in [1.807, 2.05) is 11.0 Å². The predicted molar refractivity (Wildman–Crippen MR) is 91.7 cm³/mol. The highest BCUT2D eigenvalue weighted by atomic mass is 16.2. The van der Waals surface area contributed by atoms with E-state index in [-0.39, 0.29) is 11.8 Å². The number of aromatic nitrogens is 3. The second-order valence-electron chi connectivity index (χ2n) is 6.85. The molecule has 5 nitrogen and oxygen atoms in total. The summed E-state index contributed by atoms with van der Waals surface area (Å²) in [5, 5.41) is 1.28. The zero-order valence-corrected chi connectivity index (χ0v) is 13.5. The third-order valence-electron chi connectivity index (χ3n) is 5.50. The lowest BCUT2D eigenvalue weighted by Crippen LogP contribution is -2.40. The molecular formula is C19H20N4O. The number of fused-ring (bicyclic) bond motifs is 4. The van der Waals surface area contributed by atoms with Crippen LogP contribution in [0.5, 0.6) is 0 Å². The van der Waals surface area contributed by atoms with Crippen LogP contribution in [-0.2, 0) is 24.2 Å². The van der Waals surface area contributed by atoms with Gasteiger partial charge in [-0.1, -0.05) is 18.2 Å². The van der Waals surface area contributed by atoms with Crippen molar-refractivity contribution in [3.63, 3.8) is 0 Å². The first kappa shape index (κ1) is 13.8. The van der Waals surface area contributed by atoms with Crippen LogP contribution in [0.2, 0.25) is 0 Å².